The summed E-state index contributed by atoms with van der Waals surface area (Å²) in [5.41, 5.74) is 1.65. The molecule has 21 heavy (non-hydrogen) atoms. The standard InChI is InChI=1S/C13H10ClN5O2/c14-13-17-11(8-5-16-19-12(8)18-13)15-4-7-1-2-9-10(3-7)21-6-20-9/h1-3,5H,4,6H2,(H2,15,16,17,18,19). The van der Waals surface area contributed by atoms with Gasteiger partial charge in [-0.15, -0.1) is 0 Å². The van der Waals surface area contributed by atoms with Gasteiger partial charge in [0, 0.05) is 6.54 Å². The van der Waals surface area contributed by atoms with Gasteiger partial charge in [-0.25, -0.2) is 0 Å². The van der Waals surface area contributed by atoms with E-state index in [2.05, 4.69) is 25.5 Å². The largest absolute Gasteiger partial charge is 0.454 e. The number of H-pyrrole nitrogens is 1. The first-order chi connectivity index (χ1) is 10.3. The van der Waals surface area contributed by atoms with Crippen molar-refractivity contribution < 1.29 is 9.47 Å². The maximum atomic E-state index is 5.89. The van der Waals surface area contributed by atoms with E-state index in [1.165, 1.54) is 0 Å². The van der Waals surface area contributed by atoms with Crippen LogP contribution in [0.4, 0.5) is 5.82 Å². The summed E-state index contributed by atoms with van der Waals surface area (Å²) in [7, 11) is 0. The molecule has 0 saturated heterocycles. The molecule has 2 N–H and O–H groups in total. The lowest BCUT2D eigenvalue weighted by Crippen LogP contribution is -2.02. The van der Waals surface area contributed by atoms with Crippen LogP contribution < -0.4 is 14.8 Å². The Kier molecular flexibility index (Phi) is 2.78. The van der Waals surface area contributed by atoms with Gasteiger partial charge in [0.1, 0.15) is 5.82 Å². The topological polar surface area (TPSA) is 85.0 Å². The van der Waals surface area contributed by atoms with Crippen molar-refractivity contribution in [2.45, 2.75) is 6.54 Å². The fourth-order valence-corrected chi connectivity index (χ4v) is 2.35. The molecule has 0 fully saturated rings. The number of anilines is 1. The Balaban J connectivity index is 1.59. The number of nitrogens with zero attached hydrogens (tertiary/aromatic N) is 3. The highest BCUT2D eigenvalue weighted by atomic mass is 35.5. The number of rotatable bonds is 3. The minimum Gasteiger partial charge on any atom is -0.454 e. The van der Waals surface area contributed by atoms with Gasteiger partial charge in [-0.1, -0.05) is 6.07 Å². The Hall–Kier alpha value is -2.54. The third kappa shape index (κ3) is 2.21. The molecule has 0 atom stereocenters. The van der Waals surface area contributed by atoms with E-state index < -0.39 is 0 Å². The third-order valence-corrected chi connectivity index (χ3v) is 3.35. The summed E-state index contributed by atoms with van der Waals surface area (Å²) in [5, 5.41) is 10.9. The summed E-state index contributed by atoms with van der Waals surface area (Å²) in [5.74, 6) is 2.15. The van der Waals surface area contributed by atoms with Crippen molar-refractivity contribution in [1.82, 2.24) is 20.2 Å². The van der Waals surface area contributed by atoms with Gasteiger partial charge in [-0.05, 0) is 29.3 Å². The molecule has 8 heteroatoms. The average Bonchev–Trinajstić information content (AvgIpc) is 3.12. The Bertz CT molecular complexity index is 819. The van der Waals surface area contributed by atoms with Crippen molar-refractivity contribution in [1.29, 1.82) is 0 Å². The maximum Gasteiger partial charge on any atom is 0.231 e. The predicted molar refractivity (Wildman–Crippen MR) is 76.6 cm³/mol. The van der Waals surface area contributed by atoms with Crippen LogP contribution in [0.3, 0.4) is 0 Å². The van der Waals surface area contributed by atoms with E-state index in [1.807, 2.05) is 18.2 Å². The molecule has 1 aliphatic rings. The summed E-state index contributed by atoms with van der Waals surface area (Å²) in [6.07, 6.45) is 1.66. The molecule has 3 heterocycles. The van der Waals surface area contributed by atoms with Gasteiger partial charge in [0.25, 0.3) is 0 Å². The smallest absolute Gasteiger partial charge is 0.231 e. The third-order valence-electron chi connectivity index (χ3n) is 3.18. The molecule has 7 nitrogen and oxygen atoms in total. The van der Waals surface area contributed by atoms with Gasteiger partial charge in [-0.3, -0.25) is 5.10 Å². The Morgan fingerprint density at radius 1 is 1.24 bits per heavy atom. The van der Waals surface area contributed by atoms with Crippen LogP contribution >= 0.6 is 11.6 Å². The number of halogens is 1. The van der Waals surface area contributed by atoms with Crippen LogP contribution in [0.2, 0.25) is 5.28 Å². The zero-order valence-corrected chi connectivity index (χ0v) is 11.5. The Morgan fingerprint density at radius 2 is 2.14 bits per heavy atom. The number of aromatic amines is 1. The van der Waals surface area contributed by atoms with E-state index in [1.54, 1.807) is 6.20 Å². The first kappa shape index (κ1) is 12.2. The number of hydrogen-bond donors (Lipinski definition) is 2. The van der Waals surface area contributed by atoms with E-state index in [-0.39, 0.29) is 12.1 Å². The average molecular weight is 304 g/mol. The summed E-state index contributed by atoms with van der Waals surface area (Å²) in [6.45, 7) is 0.841. The molecule has 0 unspecified atom stereocenters. The molecule has 3 aromatic rings. The molecule has 0 radical (unpaired) electrons. The normalized spacial score (nSPS) is 12.8. The van der Waals surface area contributed by atoms with Gasteiger partial charge in [0.2, 0.25) is 12.1 Å². The number of aromatic nitrogens is 4. The van der Waals surface area contributed by atoms with Crippen LogP contribution in [-0.2, 0) is 6.54 Å². The van der Waals surface area contributed by atoms with Gasteiger partial charge < -0.3 is 14.8 Å². The first-order valence-electron chi connectivity index (χ1n) is 6.28. The molecule has 106 valence electrons. The molecular weight excluding hydrogens is 294 g/mol. The number of benzene rings is 1. The summed E-state index contributed by atoms with van der Waals surface area (Å²) in [4.78, 5) is 8.25. The van der Waals surface area contributed by atoms with Crippen molar-refractivity contribution in [2.75, 3.05) is 12.1 Å². The molecule has 1 aromatic carbocycles. The van der Waals surface area contributed by atoms with Crippen molar-refractivity contribution in [3.63, 3.8) is 0 Å². The van der Waals surface area contributed by atoms with Crippen LogP contribution in [0.15, 0.2) is 24.4 Å². The van der Waals surface area contributed by atoms with E-state index in [9.17, 15) is 0 Å². The molecule has 0 aliphatic carbocycles. The quantitative estimate of drug-likeness (QED) is 0.722. The second kappa shape index (κ2) is 4.78. The first-order valence-corrected chi connectivity index (χ1v) is 6.66. The van der Waals surface area contributed by atoms with Gasteiger partial charge >= 0.3 is 0 Å². The molecule has 0 amide bonds. The highest BCUT2D eigenvalue weighted by Gasteiger charge is 2.13. The van der Waals surface area contributed by atoms with Crippen LogP contribution in [-0.4, -0.2) is 27.0 Å². The molecule has 0 spiro atoms. The highest BCUT2D eigenvalue weighted by Crippen LogP contribution is 2.32. The molecule has 4 rings (SSSR count). The molecule has 0 saturated carbocycles. The minimum atomic E-state index is 0.167. The summed E-state index contributed by atoms with van der Waals surface area (Å²) >= 11 is 5.89. The molecule has 2 aromatic heterocycles. The van der Waals surface area contributed by atoms with Gasteiger partial charge in [0.15, 0.2) is 17.1 Å². The van der Waals surface area contributed by atoms with Gasteiger partial charge in [-0.2, -0.15) is 15.1 Å². The second-order valence-corrected chi connectivity index (χ2v) is 4.85. The van der Waals surface area contributed by atoms with Gasteiger partial charge in [0.05, 0.1) is 11.6 Å². The molecule has 1 aliphatic heterocycles. The minimum absolute atomic E-state index is 0.167. The highest BCUT2D eigenvalue weighted by molar-refractivity contribution is 6.28. The van der Waals surface area contributed by atoms with E-state index in [0.717, 1.165) is 22.4 Å². The zero-order chi connectivity index (χ0) is 14.2. The van der Waals surface area contributed by atoms with Crippen molar-refractivity contribution >= 4 is 28.5 Å². The lowest BCUT2D eigenvalue weighted by atomic mass is 10.2. The van der Waals surface area contributed by atoms with E-state index in [0.29, 0.717) is 18.0 Å². The second-order valence-electron chi connectivity index (χ2n) is 4.51. The van der Waals surface area contributed by atoms with Crippen molar-refractivity contribution in [3.8, 4) is 11.5 Å². The SMILES string of the molecule is Clc1nc(NCc2ccc3c(c2)OCO3)c2cn[nH]c2n1. The van der Waals surface area contributed by atoms with Crippen LogP contribution in [0.5, 0.6) is 11.5 Å². The van der Waals surface area contributed by atoms with Crippen molar-refractivity contribution in [3.05, 3.63) is 35.2 Å². The maximum absolute atomic E-state index is 5.89. The Labute approximate surface area is 124 Å². The number of hydrogen-bond acceptors (Lipinski definition) is 6. The van der Waals surface area contributed by atoms with Crippen LogP contribution in [0, 0.1) is 0 Å². The Morgan fingerprint density at radius 3 is 3.10 bits per heavy atom. The summed E-state index contributed by atoms with van der Waals surface area (Å²) < 4.78 is 10.6. The monoisotopic (exact) mass is 303 g/mol. The zero-order valence-electron chi connectivity index (χ0n) is 10.8. The lowest BCUT2D eigenvalue weighted by Gasteiger charge is -2.07. The molecule has 0 bridgehead atoms. The fraction of sp³-hybridized carbons (Fsp3) is 0.154. The fourth-order valence-electron chi connectivity index (χ4n) is 2.18. The van der Waals surface area contributed by atoms with E-state index >= 15 is 0 Å². The number of fused-ring (bicyclic) bond motifs is 2. The van der Waals surface area contributed by atoms with Crippen LogP contribution in [0.1, 0.15) is 5.56 Å². The number of nitrogens with one attached hydrogen (secondary N) is 2. The molecular formula is C13H10ClN5O2. The van der Waals surface area contributed by atoms with Crippen LogP contribution in [0.25, 0.3) is 11.0 Å². The summed E-state index contributed by atoms with van der Waals surface area (Å²) in [6, 6.07) is 5.79. The lowest BCUT2D eigenvalue weighted by molar-refractivity contribution is 0.174. The predicted octanol–water partition coefficient (Wildman–Crippen LogP) is 2.35. The number of ether oxygens (including phenoxy) is 2. The van der Waals surface area contributed by atoms with Crippen molar-refractivity contribution in [2.24, 2.45) is 0 Å². The van der Waals surface area contributed by atoms with E-state index in [4.69, 9.17) is 21.1 Å².